The lowest BCUT2D eigenvalue weighted by Gasteiger charge is -2.05. The first-order valence-corrected chi connectivity index (χ1v) is 4.63. The molecule has 0 unspecified atom stereocenters. The Morgan fingerprint density at radius 3 is 2.81 bits per heavy atom. The molecule has 4 heteroatoms. The molecule has 0 aliphatic rings. The van der Waals surface area contributed by atoms with Crippen LogP contribution in [0.2, 0.25) is 0 Å². The van der Waals surface area contributed by atoms with E-state index in [1.807, 2.05) is 0 Å². The minimum Gasteiger partial charge on any atom is -0.507 e. The van der Waals surface area contributed by atoms with Crippen molar-refractivity contribution >= 4 is 16.7 Å². The highest BCUT2D eigenvalue weighted by molar-refractivity contribution is 5.98. The number of hydrogen-bond acceptors (Lipinski definition) is 3. The van der Waals surface area contributed by atoms with Gasteiger partial charge in [0.15, 0.2) is 0 Å². The molecular weight excluding hydrogens is 211 g/mol. The van der Waals surface area contributed by atoms with Crippen LogP contribution in [-0.4, -0.2) is 18.2 Å². The van der Waals surface area contributed by atoms with Gasteiger partial charge in [0.05, 0.1) is 7.11 Å². The summed E-state index contributed by atoms with van der Waals surface area (Å²) in [5.41, 5.74) is -0.0416. The predicted molar refractivity (Wildman–Crippen MR) is 56.9 cm³/mol. The summed E-state index contributed by atoms with van der Waals surface area (Å²) in [7, 11) is 1.20. The first kappa shape index (κ1) is 10.4. The molecule has 16 heavy (non-hydrogen) atoms. The number of esters is 1. The maximum absolute atomic E-state index is 13.4. The fourth-order valence-electron chi connectivity index (χ4n) is 1.55. The highest BCUT2D eigenvalue weighted by Gasteiger charge is 2.13. The summed E-state index contributed by atoms with van der Waals surface area (Å²) < 4.78 is 17.9. The fraction of sp³-hybridized carbons (Fsp3) is 0.0833. The SMILES string of the molecule is COC(=O)c1cc2c(F)cccc2cc1O. The van der Waals surface area contributed by atoms with Crippen molar-refractivity contribution in [2.24, 2.45) is 0 Å². The molecule has 0 saturated heterocycles. The number of aromatic hydroxyl groups is 1. The number of rotatable bonds is 1. The van der Waals surface area contributed by atoms with Gasteiger partial charge in [-0.15, -0.1) is 0 Å². The van der Waals surface area contributed by atoms with E-state index < -0.39 is 11.8 Å². The molecule has 0 aliphatic heterocycles. The molecule has 0 spiro atoms. The quantitative estimate of drug-likeness (QED) is 0.751. The van der Waals surface area contributed by atoms with Gasteiger partial charge in [0, 0.05) is 5.39 Å². The number of hydrogen-bond donors (Lipinski definition) is 1. The summed E-state index contributed by atoms with van der Waals surface area (Å²) >= 11 is 0. The standard InChI is InChI=1S/C12H9FO3/c1-16-12(15)9-6-8-7(5-11(9)14)3-2-4-10(8)13/h2-6,14H,1H3. The molecular formula is C12H9FO3. The van der Waals surface area contributed by atoms with Crippen molar-refractivity contribution in [3.05, 3.63) is 41.7 Å². The Morgan fingerprint density at radius 1 is 1.38 bits per heavy atom. The van der Waals surface area contributed by atoms with Crippen LogP contribution in [0.3, 0.4) is 0 Å². The number of ether oxygens (including phenoxy) is 1. The molecule has 2 aromatic rings. The van der Waals surface area contributed by atoms with E-state index in [0.717, 1.165) is 0 Å². The van der Waals surface area contributed by atoms with E-state index >= 15 is 0 Å². The Bertz CT molecular complexity index is 563. The molecule has 0 bridgehead atoms. The zero-order valence-electron chi connectivity index (χ0n) is 8.53. The number of phenols is 1. The summed E-state index contributed by atoms with van der Waals surface area (Å²) in [6.45, 7) is 0. The van der Waals surface area contributed by atoms with Crippen molar-refractivity contribution in [1.29, 1.82) is 0 Å². The summed E-state index contributed by atoms with van der Waals surface area (Å²) in [6.07, 6.45) is 0. The van der Waals surface area contributed by atoms with E-state index in [9.17, 15) is 14.3 Å². The van der Waals surface area contributed by atoms with Gasteiger partial charge in [-0.1, -0.05) is 12.1 Å². The number of fused-ring (bicyclic) bond motifs is 1. The maximum Gasteiger partial charge on any atom is 0.341 e. The van der Waals surface area contributed by atoms with Gasteiger partial charge in [0.2, 0.25) is 0 Å². The number of benzene rings is 2. The van der Waals surface area contributed by atoms with Crippen LogP contribution in [-0.2, 0) is 4.74 Å². The summed E-state index contributed by atoms with van der Waals surface area (Å²) in [6, 6.07) is 7.10. The molecule has 82 valence electrons. The van der Waals surface area contributed by atoms with Crippen molar-refractivity contribution in [2.45, 2.75) is 0 Å². The number of methoxy groups -OCH3 is 1. The lowest BCUT2D eigenvalue weighted by atomic mass is 10.1. The first-order chi connectivity index (χ1) is 7.63. The molecule has 0 heterocycles. The number of carbonyl (C=O) groups excluding carboxylic acids is 1. The van der Waals surface area contributed by atoms with Crippen LogP contribution < -0.4 is 0 Å². The van der Waals surface area contributed by atoms with Gasteiger partial charge in [-0.25, -0.2) is 9.18 Å². The Kier molecular flexibility index (Phi) is 2.48. The fourth-order valence-corrected chi connectivity index (χ4v) is 1.55. The molecule has 0 fully saturated rings. The maximum atomic E-state index is 13.4. The molecule has 3 nitrogen and oxygen atoms in total. The van der Waals surface area contributed by atoms with Crippen molar-refractivity contribution in [2.75, 3.05) is 7.11 Å². The summed E-state index contributed by atoms with van der Waals surface area (Å²) in [4.78, 5) is 11.3. The van der Waals surface area contributed by atoms with Gasteiger partial charge in [0.1, 0.15) is 17.1 Å². The monoisotopic (exact) mass is 220 g/mol. The van der Waals surface area contributed by atoms with Crippen LogP contribution in [0.25, 0.3) is 10.8 Å². The Balaban J connectivity index is 2.74. The van der Waals surface area contributed by atoms with E-state index in [-0.39, 0.29) is 16.7 Å². The molecule has 0 saturated carbocycles. The topological polar surface area (TPSA) is 46.5 Å². The second-order valence-electron chi connectivity index (χ2n) is 3.32. The molecule has 1 N–H and O–H groups in total. The zero-order chi connectivity index (χ0) is 11.7. The van der Waals surface area contributed by atoms with E-state index in [2.05, 4.69) is 4.74 Å². The van der Waals surface area contributed by atoms with Crippen LogP contribution in [0.15, 0.2) is 30.3 Å². The van der Waals surface area contributed by atoms with Crippen molar-refractivity contribution in [3.8, 4) is 5.75 Å². The largest absolute Gasteiger partial charge is 0.507 e. The van der Waals surface area contributed by atoms with Crippen LogP contribution >= 0.6 is 0 Å². The van der Waals surface area contributed by atoms with Gasteiger partial charge in [-0.05, 0) is 23.6 Å². The van der Waals surface area contributed by atoms with Crippen LogP contribution in [0.1, 0.15) is 10.4 Å². The first-order valence-electron chi connectivity index (χ1n) is 4.63. The number of carbonyl (C=O) groups is 1. The third-order valence-corrected chi connectivity index (χ3v) is 2.35. The molecule has 0 aliphatic carbocycles. The van der Waals surface area contributed by atoms with E-state index in [1.54, 1.807) is 6.07 Å². The van der Waals surface area contributed by atoms with Gasteiger partial charge in [0.25, 0.3) is 0 Å². The van der Waals surface area contributed by atoms with E-state index in [0.29, 0.717) is 5.39 Å². The minimum atomic E-state index is -0.692. The predicted octanol–water partition coefficient (Wildman–Crippen LogP) is 2.47. The summed E-state index contributed by atoms with van der Waals surface area (Å²) in [5.74, 6) is -1.35. The zero-order valence-corrected chi connectivity index (χ0v) is 8.53. The van der Waals surface area contributed by atoms with Crippen molar-refractivity contribution < 1.29 is 19.0 Å². The molecule has 0 radical (unpaired) electrons. The van der Waals surface area contributed by atoms with E-state index in [1.165, 1.54) is 31.4 Å². The number of phenolic OH excluding ortho intramolecular Hbond substituents is 1. The van der Waals surface area contributed by atoms with Crippen molar-refractivity contribution in [1.82, 2.24) is 0 Å². The van der Waals surface area contributed by atoms with Crippen molar-refractivity contribution in [3.63, 3.8) is 0 Å². The number of halogens is 1. The van der Waals surface area contributed by atoms with Crippen LogP contribution in [0.5, 0.6) is 5.75 Å². The highest BCUT2D eigenvalue weighted by atomic mass is 19.1. The van der Waals surface area contributed by atoms with Gasteiger partial charge < -0.3 is 9.84 Å². The average molecular weight is 220 g/mol. The molecule has 2 rings (SSSR count). The molecule has 0 aromatic heterocycles. The Morgan fingerprint density at radius 2 is 2.12 bits per heavy atom. The second-order valence-corrected chi connectivity index (χ2v) is 3.32. The van der Waals surface area contributed by atoms with E-state index in [4.69, 9.17) is 0 Å². The highest BCUT2D eigenvalue weighted by Crippen LogP contribution is 2.27. The second kappa shape index (κ2) is 3.81. The lowest BCUT2D eigenvalue weighted by molar-refractivity contribution is 0.0597. The Hall–Kier alpha value is -2.10. The minimum absolute atomic E-state index is 0.0416. The third kappa shape index (κ3) is 1.58. The Labute approximate surface area is 91.1 Å². The van der Waals surface area contributed by atoms with Gasteiger partial charge in [-0.3, -0.25) is 0 Å². The average Bonchev–Trinajstić information content (AvgIpc) is 2.28. The van der Waals surface area contributed by atoms with Crippen LogP contribution in [0, 0.1) is 5.82 Å². The normalized spacial score (nSPS) is 10.4. The lowest BCUT2D eigenvalue weighted by Crippen LogP contribution is -2.01. The molecule has 0 amide bonds. The molecule has 2 aromatic carbocycles. The third-order valence-electron chi connectivity index (χ3n) is 2.35. The van der Waals surface area contributed by atoms with Gasteiger partial charge >= 0.3 is 5.97 Å². The van der Waals surface area contributed by atoms with Crippen LogP contribution in [0.4, 0.5) is 4.39 Å². The van der Waals surface area contributed by atoms with Gasteiger partial charge in [-0.2, -0.15) is 0 Å². The summed E-state index contributed by atoms with van der Waals surface area (Å²) in [5, 5.41) is 10.4. The molecule has 0 atom stereocenters. The smallest absolute Gasteiger partial charge is 0.341 e.